The second-order valence-electron chi connectivity index (χ2n) is 6.37. The zero-order valence-electron chi connectivity index (χ0n) is 15.4. The highest BCUT2D eigenvalue weighted by molar-refractivity contribution is 7.93. The molecule has 0 aliphatic rings. The first-order valence-electron chi connectivity index (χ1n) is 8.85. The van der Waals surface area contributed by atoms with Gasteiger partial charge in [0.2, 0.25) is 9.84 Å². The molecule has 0 aliphatic carbocycles. The van der Waals surface area contributed by atoms with Gasteiger partial charge in [-0.1, -0.05) is 18.2 Å². The number of benzene rings is 1. The van der Waals surface area contributed by atoms with Gasteiger partial charge in [0, 0.05) is 12.4 Å². The monoisotopic (exact) mass is 434 g/mol. The van der Waals surface area contributed by atoms with Gasteiger partial charge >= 0.3 is 0 Å². The van der Waals surface area contributed by atoms with Crippen LogP contribution in [0.15, 0.2) is 80.5 Å². The molecule has 1 aromatic carbocycles. The van der Waals surface area contributed by atoms with E-state index >= 15 is 0 Å². The Kier molecular flexibility index (Phi) is 4.30. The van der Waals surface area contributed by atoms with Crippen LogP contribution in [0.1, 0.15) is 5.56 Å². The molecular formula is C20H14N6O2S2. The Balaban J connectivity index is 1.83. The number of hydrogen-bond donors (Lipinski definition) is 1. The molecule has 2 N–H and O–H groups in total. The molecule has 0 radical (unpaired) electrons. The number of nitrogens with two attached hydrogens (primary N) is 1. The number of hydrogen-bond acceptors (Lipinski definition) is 8. The molecule has 0 atom stereocenters. The fourth-order valence-corrected chi connectivity index (χ4v) is 5.68. The molecule has 0 unspecified atom stereocenters. The van der Waals surface area contributed by atoms with Crippen molar-refractivity contribution < 1.29 is 8.42 Å². The first-order valence-corrected chi connectivity index (χ1v) is 11.2. The number of anilines is 1. The van der Waals surface area contributed by atoms with Crippen LogP contribution in [-0.2, 0) is 9.84 Å². The number of aromatic nitrogens is 4. The number of fused-ring (bicyclic) bond motifs is 2. The van der Waals surface area contributed by atoms with Crippen LogP contribution in [-0.4, -0.2) is 34.3 Å². The van der Waals surface area contributed by atoms with Crippen LogP contribution >= 0.6 is 11.3 Å². The Morgan fingerprint density at radius 2 is 1.73 bits per heavy atom. The maximum absolute atomic E-state index is 13.3. The normalized spacial score (nSPS) is 12.3. The summed E-state index contributed by atoms with van der Waals surface area (Å²) in [4.78, 5) is 13.0. The first kappa shape index (κ1) is 18.4. The van der Waals surface area contributed by atoms with Crippen molar-refractivity contribution in [3.05, 3.63) is 71.9 Å². The number of sulfone groups is 1. The Bertz CT molecular complexity index is 1510. The largest absolute Gasteiger partial charge is 0.382 e. The van der Waals surface area contributed by atoms with Crippen molar-refractivity contribution in [3.63, 3.8) is 0 Å². The lowest BCUT2D eigenvalue weighted by Crippen LogP contribution is -2.05. The zero-order chi connectivity index (χ0) is 20.7. The number of rotatable bonds is 4. The zero-order valence-corrected chi connectivity index (χ0v) is 17.0. The van der Waals surface area contributed by atoms with E-state index < -0.39 is 9.84 Å². The lowest BCUT2D eigenvalue weighted by atomic mass is 10.3. The summed E-state index contributed by atoms with van der Waals surface area (Å²) in [6.07, 6.45) is 4.84. The molecule has 148 valence electrons. The van der Waals surface area contributed by atoms with Gasteiger partial charge in [-0.3, -0.25) is 4.98 Å². The summed E-state index contributed by atoms with van der Waals surface area (Å²) in [6, 6.07) is 14.0. The SMILES string of the molecule is Nc1c(S(=O)(=O)c2cccs2)c2nc3ccccc3nc2n1/N=C/c1ccncc1. The molecule has 0 saturated heterocycles. The van der Waals surface area contributed by atoms with Crippen molar-refractivity contribution in [1.82, 2.24) is 19.6 Å². The minimum Gasteiger partial charge on any atom is -0.382 e. The fraction of sp³-hybridized carbons (Fsp3) is 0. The number of nitrogens with zero attached hydrogens (tertiary/aromatic N) is 5. The molecule has 5 rings (SSSR count). The second-order valence-corrected chi connectivity index (χ2v) is 9.43. The van der Waals surface area contributed by atoms with Crippen LogP contribution < -0.4 is 5.73 Å². The van der Waals surface area contributed by atoms with Gasteiger partial charge < -0.3 is 5.73 Å². The smallest absolute Gasteiger partial charge is 0.221 e. The van der Waals surface area contributed by atoms with Crippen molar-refractivity contribution in [1.29, 1.82) is 0 Å². The van der Waals surface area contributed by atoms with Crippen molar-refractivity contribution in [3.8, 4) is 0 Å². The third-order valence-electron chi connectivity index (χ3n) is 4.49. The van der Waals surface area contributed by atoms with Crippen LogP contribution in [0, 0.1) is 0 Å². The lowest BCUT2D eigenvalue weighted by molar-refractivity contribution is 0.599. The molecule has 0 fully saturated rings. The molecule has 10 heteroatoms. The summed E-state index contributed by atoms with van der Waals surface area (Å²) < 4.78 is 28.2. The molecule has 0 aliphatic heterocycles. The first-order chi connectivity index (χ1) is 14.6. The van der Waals surface area contributed by atoms with Crippen molar-refractivity contribution in [2.75, 3.05) is 5.73 Å². The predicted molar refractivity (Wildman–Crippen MR) is 116 cm³/mol. The van der Waals surface area contributed by atoms with Gasteiger partial charge in [0.05, 0.1) is 17.2 Å². The van der Waals surface area contributed by atoms with Gasteiger partial charge in [-0.05, 0) is 41.3 Å². The highest BCUT2D eigenvalue weighted by Gasteiger charge is 2.31. The maximum Gasteiger partial charge on any atom is 0.221 e. The van der Waals surface area contributed by atoms with E-state index in [2.05, 4.69) is 20.1 Å². The summed E-state index contributed by atoms with van der Waals surface area (Å²) >= 11 is 1.12. The van der Waals surface area contributed by atoms with Crippen molar-refractivity contribution in [2.24, 2.45) is 5.10 Å². The number of para-hydroxylation sites is 2. The Morgan fingerprint density at radius 1 is 1.00 bits per heavy atom. The van der Waals surface area contributed by atoms with Crippen molar-refractivity contribution in [2.45, 2.75) is 9.10 Å². The molecule has 4 aromatic heterocycles. The summed E-state index contributed by atoms with van der Waals surface area (Å²) in [5, 5.41) is 6.10. The molecular weight excluding hydrogens is 420 g/mol. The molecule has 0 amide bonds. The van der Waals surface area contributed by atoms with Gasteiger partial charge in [0.1, 0.15) is 20.4 Å². The van der Waals surface area contributed by atoms with Crippen molar-refractivity contribution >= 4 is 55.4 Å². The van der Waals surface area contributed by atoms with E-state index in [1.807, 2.05) is 12.1 Å². The molecule has 4 heterocycles. The van der Waals surface area contributed by atoms with E-state index in [-0.39, 0.29) is 26.1 Å². The number of nitrogen functional groups attached to an aromatic ring is 1. The minimum absolute atomic E-state index is 0.0426. The standard InChI is InChI=1S/C20H14N6O2S2/c21-19-18(30(27,28)16-6-3-11-29-16)17-20(25-15-5-2-1-4-14(15)24-17)26(19)23-12-13-7-9-22-10-8-13/h1-12H,21H2/b23-12+. The Labute approximate surface area is 175 Å². The molecule has 0 bridgehead atoms. The highest BCUT2D eigenvalue weighted by atomic mass is 32.2. The quantitative estimate of drug-likeness (QED) is 0.434. The maximum atomic E-state index is 13.3. The van der Waals surface area contributed by atoms with Gasteiger partial charge in [0.15, 0.2) is 5.65 Å². The second kappa shape index (κ2) is 7.01. The molecule has 0 spiro atoms. The van der Waals surface area contributed by atoms with E-state index in [0.29, 0.717) is 11.0 Å². The van der Waals surface area contributed by atoms with E-state index in [9.17, 15) is 8.42 Å². The lowest BCUT2D eigenvalue weighted by Gasteiger charge is -2.02. The van der Waals surface area contributed by atoms with E-state index in [1.165, 1.54) is 10.7 Å². The minimum atomic E-state index is -3.90. The van der Waals surface area contributed by atoms with E-state index in [1.54, 1.807) is 54.3 Å². The predicted octanol–water partition coefficient (Wildman–Crippen LogP) is 3.34. The third-order valence-corrected chi connectivity index (χ3v) is 7.70. The van der Waals surface area contributed by atoms with Crippen LogP contribution in [0.5, 0.6) is 0 Å². The Hall–Kier alpha value is -3.63. The molecule has 0 saturated carbocycles. The summed E-state index contributed by atoms with van der Waals surface area (Å²) in [7, 11) is -3.90. The van der Waals surface area contributed by atoms with Gasteiger partial charge in [-0.2, -0.15) is 9.78 Å². The summed E-state index contributed by atoms with van der Waals surface area (Å²) in [5.41, 5.74) is 8.74. The average molecular weight is 435 g/mol. The van der Waals surface area contributed by atoms with Gasteiger partial charge in [-0.25, -0.2) is 18.4 Å². The average Bonchev–Trinajstić information content (AvgIpc) is 3.38. The van der Waals surface area contributed by atoms with E-state index in [4.69, 9.17) is 5.73 Å². The number of pyridine rings is 1. The van der Waals surface area contributed by atoms with Crippen LogP contribution in [0.4, 0.5) is 5.82 Å². The summed E-state index contributed by atoms with van der Waals surface area (Å²) in [6.45, 7) is 0. The molecule has 8 nitrogen and oxygen atoms in total. The van der Waals surface area contributed by atoms with Gasteiger partial charge in [-0.15, -0.1) is 11.3 Å². The van der Waals surface area contributed by atoms with Gasteiger partial charge in [0.25, 0.3) is 0 Å². The number of thiophene rings is 1. The molecule has 30 heavy (non-hydrogen) atoms. The van der Waals surface area contributed by atoms with E-state index in [0.717, 1.165) is 16.9 Å². The van der Waals surface area contributed by atoms with Crippen LogP contribution in [0.3, 0.4) is 0 Å². The van der Waals surface area contributed by atoms with Crippen LogP contribution in [0.25, 0.3) is 22.2 Å². The molecule has 5 aromatic rings. The summed E-state index contributed by atoms with van der Waals surface area (Å²) in [5.74, 6) is -0.0426. The third kappa shape index (κ3) is 2.93. The highest BCUT2D eigenvalue weighted by Crippen LogP contribution is 2.36. The Morgan fingerprint density at radius 3 is 2.43 bits per heavy atom. The fourth-order valence-electron chi connectivity index (χ4n) is 3.10. The van der Waals surface area contributed by atoms with Crippen LogP contribution in [0.2, 0.25) is 0 Å². The topological polar surface area (TPSA) is 116 Å².